The van der Waals surface area contributed by atoms with Gasteiger partial charge < -0.3 is 14.8 Å². The Morgan fingerprint density at radius 2 is 1.86 bits per heavy atom. The highest BCUT2D eigenvalue weighted by Gasteiger charge is 2.38. The van der Waals surface area contributed by atoms with E-state index in [0.717, 1.165) is 32.4 Å². The number of hydrogen-bond donors (Lipinski definition) is 1. The van der Waals surface area contributed by atoms with Gasteiger partial charge in [-0.25, -0.2) is 18.4 Å². The molecule has 0 unspecified atom stereocenters. The van der Waals surface area contributed by atoms with Crippen LogP contribution >= 0.6 is 0 Å². The zero-order valence-corrected chi connectivity index (χ0v) is 20.8. The molecule has 14 heteroatoms. The Labute approximate surface area is 210 Å². The van der Waals surface area contributed by atoms with Crippen molar-refractivity contribution in [2.45, 2.75) is 43.2 Å². The van der Waals surface area contributed by atoms with Crippen LogP contribution < -0.4 is 14.8 Å². The summed E-state index contributed by atoms with van der Waals surface area (Å²) in [5.41, 5.74) is -1.78. The van der Waals surface area contributed by atoms with Crippen LogP contribution in [0.5, 0.6) is 17.6 Å². The summed E-state index contributed by atoms with van der Waals surface area (Å²) >= 11 is 0. The van der Waals surface area contributed by atoms with E-state index in [1.165, 1.54) is 37.6 Å². The van der Waals surface area contributed by atoms with Crippen LogP contribution in [0.3, 0.4) is 0 Å². The maximum Gasteiger partial charge on any atom is 0.435 e. The van der Waals surface area contributed by atoms with Crippen molar-refractivity contribution in [3.63, 3.8) is 0 Å². The Morgan fingerprint density at radius 3 is 2.46 bits per heavy atom. The van der Waals surface area contributed by atoms with Crippen LogP contribution in [-0.2, 0) is 16.0 Å². The Kier molecular flexibility index (Phi) is 7.04. The van der Waals surface area contributed by atoms with Crippen LogP contribution in [0.25, 0.3) is 0 Å². The van der Waals surface area contributed by atoms with Crippen molar-refractivity contribution in [1.29, 1.82) is 0 Å². The fourth-order valence-electron chi connectivity index (χ4n) is 3.67. The number of amides is 1. The number of aromatic nitrogens is 4. The molecule has 0 atom stereocenters. The minimum atomic E-state index is -4.90. The maximum atomic E-state index is 13.6. The van der Waals surface area contributed by atoms with E-state index < -0.39 is 44.6 Å². The Balaban J connectivity index is 1.74. The van der Waals surface area contributed by atoms with Crippen LogP contribution in [0, 0.1) is 6.92 Å². The highest BCUT2D eigenvalue weighted by atomic mass is 32.2. The van der Waals surface area contributed by atoms with Crippen molar-refractivity contribution in [2.75, 3.05) is 18.7 Å². The third kappa shape index (κ3) is 5.63. The lowest BCUT2D eigenvalue weighted by Crippen LogP contribution is -2.21. The van der Waals surface area contributed by atoms with E-state index in [4.69, 9.17) is 9.47 Å². The van der Waals surface area contributed by atoms with E-state index in [1.54, 1.807) is 0 Å². The standard InChI is InChI=1S/C23H22F3N5O5S/c1-12-17(19(32)28-14-8-5-9-15(10-14)37(3,33)34)20(31-30-18(12)23(24,25)26)36-21-22(35-2)29-16(11-27-21)13-6-4-7-13/h5,8-11,13H,4,6-7H2,1-3H3,(H,28,32). The number of anilines is 1. The first-order valence-electron chi connectivity index (χ1n) is 11.0. The maximum absolute atomic E-state index is 13.6. The van der Waals surface area contributed by atoms with Crippen LogP contribution in [-0.4, -0.2) is 47.9 Å². The van der Waals surface area contributed by atoms with Gasteiger partial charge in [0.1, 0.15) is 5.56 Å². The predicted molar refractivity (Wildman–Crippen MR) is 125 cm³/mol. The van der Waals surface area contributed by atoms with Gasteiger partial charge in [0.25, 0.3) is 23.5 Å². The molecule has 0 bridgehead atoms. The van der Waals surface area contributed by atoms with E-state index >= 15 is 0 Å². The summed E-state index contributed by atoms with van der Waals surface area (Å²) in [6, 6.07) is 5.26. The number of carbonyl (C=O) groups excluding carboxylic acids is 1. The molecule has 0 spiro atoms. The molecule has 1 N–H and O–H groups in total. The van der Waals surface area contributed by atoms with Crippen molar-refractivity contribution < 1.29 is 35.9 Å². The lowest BCUT2D eigenvalue weighted by molar-refractivity contribution is -0.142. The zero-order chi connectivity index (χ0) is 27.0. The molecule has 0 aliphatic heterocycles. The van der Waals surface area contributed by atoms with Gasteiger partial charge in [0.05, 0.1) is 23.9 Å². The largest absolute Gasteiger partial charge is 0.477 e. The normalized spacial score (nSPS) is 14.1. The molecule has 1 amide bonds. The number of ether oxygens (including phenoxy) is 2. The monoisotopic (exact) mass is 537 g/mol. The summed E-state index contributed by atoms with van der Waals surface area (Å²) < 4.78 is 75.2. The van der Waals surface area contributed by atoms with Crippen molar-refractivity contribution in [1.82, 2.24) is 20.2 Å². The molecule has 0 saturated heterocycles. The van der Waals surface area contributed by atoms with Crippen LogP contribution in [0.4, 0.5) is 18.9 Å². The number of alkyl halides is 3. The quantitative estimate of drug-likeness (QED) is 0.468. The molecule has 1 aliphatic rings. The number of carbonyl (C=O) groups is 1. The van der Waals surface area contributed by atoms with Crippen LogP contribution in [0.1, 0.15) is 52.5 Å². The van der Waals surface area contributed by atoms with E-state index in [-0.39, 0.29) is 28.3 Å². The molecule has 2 heterocycles. The number of nitrogens with one attached hydrogen (secondary N) is 1. The number of benzene rings is 1. The molecule has 37 heavy (non-hydrogen) atoms. The zero-order valence-electron chi connectivity index (χ0n) is 20.0. The smallest absolute Gasteiger partial charge is 0.435 e. The lowest BCUT2D eigenvalue weighted by atomic mass is 9.83. The molecule has 3 aromatic rings. The Hall–Kier alpha value is -3.81. The van der Waals surface area contributed by atoms with Gasteiger partial charge in [0.15, 0.2) is 15.5 Å². The first-order valence-corrected chi connectivity index (χ1v) is 12.9. The number of halogens is 3. The van der Waals surface area contributed by atoms with E-state index in [0.29, 0.717) is 5.69 Å². The lowest BCUT2D eigenvalue weighted by Gasteiger charge is -2.24. The second-order valence-electron chi connectivity index (χ2n) is 8.44. The topological polar surface area (TPSA) is 133 Å². The van der Waals surface area contributed by atoms with Gasteiger partial charge in [-0.3, -0.25) is 4.79 Å². The molecular formula is C23H22F3N5O5S. The van der Waals surface area contributed by atoms with Gasteiger partial charge in [-0.15, -0.1) is 10.2 Å². The number of methoxy groups -OCH3 is 1. The summed E-state index contributed by atoms with van der Waals surface area (Å²) in [5.74, 6) is -1.61. The van der Waals surface area contributed by atoms with E-state index in [9.17, 15) is 26.4 Å². The molecule has 4 rings (SSSR count). The average Bonchev–Trinajstić information content (AvgIpc) is 2.77. The summed E-state index contributed by atoms with van der Waals surface area (Å²) in [6.07, 6.45) is 0.528. The first kappa shape index (κ1) is 26.3. The third-order valence-electron chi connectivity index (χ3n) is 5.84. The molecule has 0 radical (unpaired) electrons. The summed E-state index contributed by atoms with van der Waals surface area (Å²) in [4.78, 5) is 21.6. The number of hydrogen-bond acceptors (Lipinski definition) is 9. The fourth-order valence-corrected chi connectivity index (χ4v) is 4.34. The molecule has 2 aromatic heterocycles. The molecular weight excluding hydrogens is 515 g/mol. The minimum absolute atomic E-state index is 0.0315. The van der Waals surface area contributed by atoms with Gasteiger partial charge in [0.2, 0.25) is 0 Å². The molecule has 10 nitrogen and oxygen atoms in total. The molecule has 1 fully saturated rings. The third-order valence-corrected chi connectivity index (χ3v) is 6.95. The van der Waals surface area contributed by atoms with E-state index in [1.807, 2.05) is 0 Å². The number of sulfone groups is 1. The second-order valence-corrected chi connectivity index (χ2v) is 10.5. The Bertz CT molecular complexity index is 1460. The Morgan fingerprint density at radius 1 is 1.14 bits per heavy atom. The van der Waals surface area contributed by atoms with Gasteiger partial charge in [-0.05, 0) is 43.5 Å². The van der Waals surface area contributed by atoms with Gasteiger partial charge in [0, 0.05) is 17.9 Å². The number of rotatable bonds is 7. The summed E-state index contributed by atoms with van der Waals surface area (Å²) in [6.45, 7) is 1.05. The summed E-state index contributed by atoms with van der Waals surface area (Å²) in [5, 5.41) is 9.12. The number of nitrogens with zero attached hydrogens (tertiary/aromatic N) is 4. The van der Waals surface area contributed by atoms with Gasteiger partial charge in [-0.1, -0.05) is 12.5 Å². The predicted octanol–water partition coefficient (Wildman–Crippen LogP) is 4.32. The van der Waals surface area contributed by atoms with Crippen LogP contribution in [0.15, 0.2) is 35.4 Å². The van der Waals surface area contributed by atoms with Crippen molar-refractivity contribution in [3.8, 4) is 17.6 Å². The highest BCUT2D eigenvalue weighted by molar-refractivity contribution is 7.90. The van der Waals surface area contributed by atoms with Gasteiger partial charge >= 0.3 is 6.18 Å². The molecule has 1 aromatic carbocycles. The molecule has 1 saturated carbocycles. The van der Waals surface area contributed by atoms with Crippen molar-refractivity contribution >= 4 is 21.4 Å². The second kappa shape index (κ2) is 9.92. The van der Waals surface area contributed by atoms with Gasteiger partial charge in [-0.2, -0.15) is 13.2 Å². The average molecular weight is 538 g/mol. The van der Waals surface area contributed by atoms with Crippen LogP contribution in [0.2, 0.25) is 0 Å². The minimum Gasteiger partial charge on any atom is -0.477 e. The van der Waals surface area contributed by atoms with Crippen molar-refractivity contribution in [3.05, 3.63) is 53.0 Å². The molecule has 1 aliphatic carbocycles. The van der Waals surface area contributed by atoms with Crippen molar-refractivity contribution in [2.24, 2.45) is 0 Å². The summed E-state index contributed by atoms with van der Waals surface area (Å²) in [7, 11) is -2.27. The molecule has 196 valence electrons. The SMILES string of the molecule is COc1nc(C2CCC2)cnc1Oc1nnc(C(F)(F)F)c(C)c1C(=O)Nc1cccc(S(C)(=O)=O)c1. The fraction of sp³-hybridized carbons (Fsp3) is 0.348. The van der Waals surface area contributed by atoms with E-state index in [2.05, 4.69) is 25.5 Å². The highest BCUT2D eigenvalue weighted by Crippen LogP contribution is 2.39. The first-order chi connectivity index (χ1) is 17.4.